The molecule has 3 nitrogen and oxygen atoms in total. The first-order chi connectivity index (χ1) is 5.72. The zero-order valence-corrected chi connectivity index (χ0v) is 7.11. The van der Waals surface area contributed by atoms with E-state index in [-0.39, 0.29) is 6.41 Å². The molecule has 1 amide bonds. The molecule has 0 aliphatic heterocycles. The van der Waals surface area contributed by atoms with Crippen LogP contribution in [-0.2, 0) is 4.79 Å². The van der Waals surface area contributed by atoms with E-state index in [1.165, 1.54) is 0 Å². The number of rotatable bonds is 1. The first-order valence-electron chi connectivity index (χ1n) is 3.24. The van der Waals surface area contributed by atoms with Crippen molar-refractivity contribution in [3.8, 4) is 0 Å². The van der Waals surface area contributed by atoms with Crippen LogP contribution in [0.5, 0.6) is 0 Å². The Labute approximate surface area is 75.8 Å². The molecule has 0 fully saturated rings. The molecular weight excluding hydrogens is 178 g/mol. The summed E-state index contributed by atoms with van der Waals surface area (Å²) in [6.07, 6.45) is 0.250. The van der Waals surface area contributed by atoms with Crippen LogP contribution in [0.15, 0.2) is 30.3 Å². The van der Waals surface area contributed by atoms with Crippen molar-refractivity contribution in [3.05, 3.63) is 35.9 Å². The van der Waals surface area contributed by atoms with Gasteiger partial charge in [0.2, 0.25) is 6.41 Å². The predicted molar refractivity (Wildman–Crippen MR) is 47.5 cm³/mol. The molecule has 0 saturated carbocycles. The summed E-state index contributed by atoms with van der Waals surface area (Å²) in [5.74, 6) is 0. The summed E-state index contributed by atoms with van der Waals surface area (Å²) in [5, 5.41) is 8.79. The summed E-state index contributed by atoms with van der Waals surface area (Å²) in [4.78, 5) is 8.58. The van der Waals surface area contributed by atoms with Crippen molar-refractivity contribution >= 4 is 18.0 Å². The molecule has 0 aromatic heterocycles. The molecule has 1 aromatic carbocycles. The van der Waals surface area contributed by atoms with Gasteiger partial charge < -0.3 is 10.8 Å². The Kier molecular flexibility index (Phi) is 6.05. The van der Waals surface area contributed by atoms with E-state index in [2.05, 4.69) is 5.73 Å². The van der Waals surface area contributed by atoms with E-state index in [1.807, 2.05) is 18.2 Å². The van der Waals surface area contributed by atoms with Gasteiger partial charge in [0, 0.05) is 0 Å². The molecule has 0 heterocycles. The molecular formula is C8H10ClNO2. The van der Waals surface area contributed by atoms with Crippen LogP contribution in [0.1, 0.15) is 11.1 Å². The van der Waals surface area contributed by atoms with Crippen LogP contribution in [0, 0.1) is 0 Å². The van der Waals surface area contributed by atoms with Gasteiger partial charge in [-0.2, -0.15) is 0 Å². The number of aliphatic hydroxyl groups excluding tert-OH is 1. The molecule has 1 atom stereocenters. The number of alkyl halides is 1. The topological polar surface area (TPSA) is 63.3 Å². The maximum Gasteiger partial charge on any atom is 0.204 e. The molecule has 1 aromatic rings. The first kappa shape index (κ1) is 10.9. The smallest absolute Gasteiger partial charge is 0.204 e. The SMILES string of the molecule is NC=O.OC(Cl)c1ccccc1. The normalized spacial score (nSPS) is 10.8. The van der Waals surface area contributed by atoms with E-state index in [0.717, 1.165) is 5.56 Å². The third-order valence-electron chi connectivity index (χ3n) is 1.07. The highest BCUT2D eigenvalue weighted by molar-refractivity contribution is 6.19. The second-order valence-electron chi connectivity index (χ2n) is 1.88. The molecule has 0 bridgehead atoms. The van der Waals surface area contributed by atoms with Gasteiger partial charge in [0.1, 0.15) is 0 Å². The average Bonchev–Trinajstić information content (AvgIpc) is 2.07. The summed E-state index contributed by atoms with van der Waals surface area (Å²) >= 11 is 5.36. The highest BCUT2D eigenvalue weighted by Crippen LogP contribution is 2.14. The van der Waals surface area contributed by atoms with Crippen LogP contribution in [0.25, 0.3) is 0 Å². The van der Waals surface area contributed by atoms with Crippen LogP contribution in [-0.4, -0.2) is 11.5 Å². The van der Waals surface area contributed by atoms with Crippen molar-refractivity contribution in [2.75, 3.05) is 0 Å². The fourth-order valence-electron chi connectivity index (χ4n) is 0.612. The number of benzene rings is 1. The van der Waals surface area contributed by atoms with Crippen LogP contribution >= 0.6 is 11.6 Å². The van der Waals surface area contributed by atoms with Gasteiger partial charge in [-0.1, -0.05) is 41.9 Å². The molecule has 12 heavy (non-hydrogen) atoms. The second-order valence-corrected chi connectivity index (χ2v) is 2.30. The Morgan fingerprint density at radius 2 is 1.83 bits per heavy atom. The van der Waals surface area contributed by atoms with E-state index >= 15 is 0 Å². The summed E-state index contributed by atoms with van der Waals surface area (Å²) in [5.41, 5.74) is 4.03. The highest BCUT2D eigenvalue weighted by Gasteiger charge is 1.97. The number of carbonyl (C=O) groups excluding carboxylic acids is 1. The maximum absolute atomic E-state index is 8.79. The van der Waals surface area contributed by atoms with Crippen molar-refractivity contribution in [3.63, 3.8) is 0 Å². The highest BCUT2D eigenvalue weighted by atomic mass is 35.5. The third kappa shape index (κ3) is 4.71. The van der Waals surface area contributed by atoms with Crippen LogP contribution < -0.4 is 5.73 Å². The fourth-order valence-corrected chi connectivity index (χ4v) is 0.757. The van der Waals surface area contributed by atoms with Crippen molar-refractivity contribution in [2.45, 2.75) is 5.56 Å². The lowest BCUT2D eigenvalue weighted by atomic mass is 10.2. The number of amides is 1. The molecule has 0 saturated heterocycles. The minimum atomic E-state index is -0.869. The number of hydrogen-bond donors (Lipinski definition) is 2. The molecule has 1 rings (SSSR count). The van der Waals surface area contributed by atoms with Gasteiger partial charge in [-0.3, -0.25) is 4.79 Å². The monoisotopic (exact) mass is 187 g/mol. The molecule has 3 N–H and O–H groups in total. The van der Waals surface area contributed by atoms with Gasteiger partial charge in [-0.25, -0.2) is 0 Å². The minimum absolute atomic E-state index is 0.250. The van der Waals surface area contributed by atoms with E-state index in [9.17, 15) is 0 Å². The number of hydrogen-bond acceptors (Lipinski definition) is 2. The Balaban J connectivity index is 0.000000354. The predicted octanol–water partition coefficient (Wildman–Crippen LogP) is 1.02. The van der Waals surface area contributed by atoms with E-state index in [1.54, 1.807) is 12.1 Å². The average molecular weight is 188 g/mol. The van der Waals surface area contributed by atoms with Gasteiger partial charge in [0.25, 0.3) is 0 Å². The Hall–Kier alpha value is -1.06. The van der Waals surface area contributed by atoms with Crippen molar-refractivity contribution in [1.29, 1.82) is 0 Å². The molecule has 66 valence electrons. The lowest BCUT2D eigenvalue weighted by molar-refractivity contribution is -0.106. The Bertz CT molecular complexity index is 214. The Morgan fingerprint density at radius 3 is 2.08 bits per heavy atom. The third-order valence-corrected chi connectivity index (χ3v) is 1.33. The summed E-state index contributed by atoms with van der Waals surface area (Å²) in [6, 6.07) is 9.10. The quantitative estimate of drug-likeness (QED) is 0.509. The fraction of sp³-hybridized carbons (Fsp3) is 0.125. The number of aliphatic hydroxyl groups is 1. The summed E-state index contributed by atoms with van der Waals surface area (Å²) < 4.78 is 0. The number of carbonyl (C=O) groups is 1. The number of nitrogens with two attached hydrogens (primary N) is 1. The molecule has 0 radical (unpaired) electrons. The van der Waals surface area contributed by atoms with Gasteiger partial charge in [0.05, 0.1) is 0 Å². The lowest BCUT2D eigenvalue weighted by Gasteiger charge is -1.98. The molecule has 1 unspecified atom stereocenters. The van der Waals surface area contributed by atoms with E-state index in [0.29, 0.717) is 0 Å². The first-order valence-corrected chi connectivity index (χ1v) is 3.68. The standard InChI is InChI=1S/C7H7ClO.CH3NO/c8-7(9)6-4-2-1-3-5-6;2-1-3/h1-5,7,9H;1H,(H2,2,3). The zero-order chi connectivity index (χ0) is 9.40. The Morgan fingerprint density at radius 1 is 1.42 bits per heavy atom. The molecule has 0 spiro atoms. The van der Waals surface area contributed by atoms with E-state index in [4.69, 9.17) is 21.5 Å². The summed E-state index contributed by atoms with van der Waals surface area (Å²) in [7, 11) is 0. The molecule has 0 aliphatic carbocycles. The van der Waals surface area contributed by atoms with Gasteiger partial charge in [0.15, 0.2) is 5.56 Å². The van der Waals surface area contributed by atoms with Crippen molar-refractivity contribution < 1.29 is 9.90 Å². The second kappa shape index (κ2) is 6.64. The van der Waals surface area contributed by atoms with Gasteiger partial charge >= 0.3 is 0 Å². The van der Waals surface area contributed by atoms with Crippen molar-refractivity contribution in [1.82, 2.24) is 0 Å². The van der Waals surface area contributed by atoms with Gasteiger partial charge in [-0.05, 0) is 5.56 Å². The van der Waals surface area contributed by atoms with Crippen molar-refractivity contribution in [2.24, 2.45) is 5.73 Å². The summed E-state index contributed by atoms with van der Waals surface area (Å²) in [6.45, 7) is 0. The molecule has 0 aliphatic rings. The number of halogens is 1. The van der Waals surface area contributed by atoms with Crippen LogP contribution in [0.3, 0.4) is 0 Å². The van der Waals surface area contributed by atoms with Crippen LogP contribution in [0.4, 0.5) is 0 Å². The largest absolute Gasteiger partial charge is 0.373 e. The lowest BCUT2D eigenvalue weighted by Crippen LogP contribution is -1.84. The zero-order valence-electron chi connectivity index (χ0n) is 6.35. The number of primary amides is 1. The van der Waals surface area contributed by atoms with Gasteiger partial charge in [-0.15, -0.1) is 0 Å². The minimum Gasteiger partial charge on any atom is -0.373 e. The maximum atomic E-state index is 8.79. The van der Waals surface area contributed by atoms with E-state index < -0.39 is 5.56 Å². The molecule has 4 heteroatoms. The van der Waals surface area contributed by atoms with Crippen LogP contribution in [0.2, 0.25) is 0 Å².